The number of hydrogen-bond acceptors (Lipinski definition) is 14. The molecule has 0 aliphatic carbocycles. The van der Waals surface area contributed by atoms with Crippen LogP contribution in [0.3, 0.4) is 0 Å². The van der Waals surface area contributed by atoms with Crippen LogP contribution in [0.5, 0.6) is 0 Å². The summed E-state index contributed by atoms with van der Waals surface area (Å²) >= 11 is 0. The van der Waals surface area contributed by atoms with Gasteiger partial charge in [-0.2, -0.15) is 0 Å². The first-order valence-electron chi connectivity index (χ1n) is 7.09. The van der Waals surface area contributed by atoms with E-state index in [4.69, 9.17) is 15.2 Å². The summed E-state index contributed by atoms with van der Waals surface area (Å²) in [6.45, 7) is 0.878. The molecule has 0 amide bonds. The van der Waals surface area contributed by atoms with Crippen LogP contribution in [0.2, 0.25) is 0 Å². The van der Waals surface area contributed by atoms with Crippen molar-refractivity contribution < 1.29 is 57.2 Å². The molecule has 2 aromatic rings. The lowest BCUT2D eigenvalue weighted by Crippen LogP contribution is -2.44. The second-order valence-corrected chi connectivity index (χ2v) is 5.52. The van der Waals surface area contributed by atoms with Gasteiger partial charge in [-0.25, -0.2) is 15.9 Å². The molecule has 0 aromatic carbocycles. The Morgan fingerprint density at radius 3 is 2.16 bits per heavy atom. The van der Waals surface area contributed by atoms with Crippen molar-refractivity contribution in [3.63, 3.8) is 0 Å². The number of nitrogens with zero attached hydrogens (tertiary/aromatic N) is 3. The molecule has 0 radical (unpaired) electrons. The number of aromatic nitrogens is 3. The smallest absolute Gasteiger partial charge is 0.167 e. The Balaban J connectivity index is -0.000000183. The van der Waals surface area contributed by atoms with Crippen LogP contribution < -0.4 is 29.8 Å². The fraction of sp³-hybridized carbons (Fsp3) is 0.462. The van der Waals surface area contributed by atoms with Crippen LogP contribution in [0.1, 0.15) is 23.5 Å². The summed E-state index contributed by atoms with van der Waals surface area (Å²) in [6.07, 6.45) is -0.315. The summed E-state index contributed by atoms with van der Waals surface area (Å²) in [5, 5.41) is 45.8. The van der Waals surface area contributed by atoms with Gasteiger partial charge < -0.3 is 70.2 Å². The molecule has 25 N–H and O–H groups in total. The number of aliphatic hydroxyl groups excluding tert-OH is 2. The Hall–Kier alpha value is -2.47. The van der Waals surface area contributed by atoms with Crippen LogP contribution in [0, 0.1) is 0 Å². The van der Waals surface area contributed by atoms with E-state index in [9.17, 15) is 20.1 Å². The van der Waals surface area contributed by atoms with Gasteiger partial charge in [-0.05, 0) is 6.92 Å². The van der Waals surface area contributed by atoms with E-state index in [0.29, 0.717) is 6.29 Å². The molecule has 19 nitrogen and oxygen atoms in total. The molecule has 3 heterocycles. The highest BCUT2D eigenvalue weighted by molar-refractivity contribution is 6.01. The molecule has 1 aliphatic heterocycles. The van der Waals surface area contributed by atoms with Crippen LogP contribution >= 0.6 is 0 Å². The van der Waals surface area contributed by atoms with E-state index < -0.39 is 30.6 Å². The minimum Gasteiger partial charge on any atom is -0.412 e. The van der Waals surface area contributed by atoms with Crippen LogP contribution in [-0.4, -0.2) is 92.9 Å². The van der Waals surface area contributed by atoms with Crippen molar-refractivity contribution in [1.29, 1.82) is 0 Å². The van der Waals surface area contributed by atoms with Gasteiger partial charge in [-0.1, -0.05) is 0 Å². The van der Waals surface area contributed by atoms with Crippen molar-refractivity contribution in [1.82, 2.24) is 33.0 Å². The molecule has 19 heteroatoms. The Bertz CT molecular complexity index is 763. The maximum absolute atomic E-state index is 11.3. The first-order valence-corrected chi connectivity index (χ1v) is 7.09. The summed E-state index contributed by atoms with van der Waals surface area (Å²) < 4.78 is 6.88. The largest absolute Gasteiger partial charge is 0.412 e. The fourth-order valence-electron chi connectivity index (χ4n) is 2.86. The quantitative estimate of drug-likeness (QED) is 0.146. The topological polar surface area (TPSA) is 427 Å². The molecule has 1 fully saturated rings. The van der Waals surface area contributed by atoms with Gasteiger partial charge in [0, 0.05) is 11.8 Å². The molecule has 3 unspecified atom stereocenters. The minimum absolute atomic E-state index is 0. The zero-order valence-corrected chi connectivity index (χ0v) is 17.3. The van der Waals surface area contributed by atoms with Crippen molar-refractivity contribution in [3.05, 3.63) is 18.1 Å². The molecule has 0 saturated carbocycles. The third kappa shape index (κ3) is 6.76. The van der Waals surface area contributed by atoms with Crippen molar-refractivity contribution in [3.8, 4) is 0 Å². The van der Waals surface area contributed by atoms with Gasteiger partial charge in [-0.3, -0.25) is 15.5 Å². The molecule has 0 bridgehead atoms. The van der Waals surface area contributed by atoms with E-state index in [1.807, 2.05) is 5.48 Å². The SMILES string of the molecule is C[C@@]1(O)C(O)C(CO)OC1n1cc(C=O)c2c(NO)ncnc21.N.N.N.NO.O.O.O.O. The van der Waals surface area contributed by atoms with Gasteiger partial charge in [0.2, 0.25) is 0 Å². The van der Waals surface area contributed by atoms with Crippen LogP contribution in [0.4, 0.5) is 5.82 Å². The second-order valence-electron chi connectivity index (χ2n) is 5.52. The van der Waals surface area contributed by atoms with Crippen LogP contribution in [0.25, 0.3) is 11.0 Å². The molecule has 3 rings (SSSR count). The lowest BCUT2D eigenvalue weighted by Gasteiger charge is -2.27. The van der Waals surface area contributed by atoms with E-state index >= 15 is 0 Å². The highest BCUT2D eigenvalue weighted by atomic mass is 16.6. The molecule has 0 spiro atoms. The third-order valence-corrected chi connectivity index (χ3v) is 4.06. The predicted octanol–water partition coefficient (Wildman–Crippen LogP) is -4.43. The monoisotopic (exact) mass is 480 g/mol. The molecule has 2 aromatic heterocycles. The number of fused-ring (bicyclic) bond motifs is 1. The summed E-state index contributed by atoms with van der Waals surface area (Å²) in [7, 11) is 0. The number of carbonyl (C=O) groups excluding carboxylic acids is 1. The van der Waals surface area contributed by atoms with Gasteiger partial charge in [0.1, 0.15) is 29.8 Å². The Kier molecular flexibility index (Phi) is 23.2. The van der Waals surface area contributed by atoms with Gasteiger partial charge in [-0.15, -0.1) is 0 Å². The van der Waals surface area contributed by atoms with Gasteiger partial charge in [0.05, 0.1) is 12.0 Å². The normalized spacial score (nSPS) is 22.3. The lowest BCUT2D eigenvalue weighted by molar-refractivity contribution is -0.0948. The maximum Gasteiger partial charge on any atom is 0.167 e. The predicted molar refractivity (Wildman–Crippen MR) is 111 cm³/mol. The number of hydrogen-bond donors (Lipinski definition) is 10. The zero-order valence-electron chi connectivity index (χ0n) is 17.3. The highest BCUT2D eigenvalue weighted by Crippen LogP contribution is 2.40. The summed E-state index contributed by atoms with van der Waals surface area (Å²) in [5.74, 6) is 3.52. The molecular weight excluding hydrogens is 444 g/mol. The van der Waals surface area contributed by atoms with E-state index in [1.165, 1.54) is 17.7 Å². The first kappa shape index (κ1) is 43.4. The fourth-order valence-corrected chi connectivity index (χ4v) is 2.86. The number of rotatable bonds is 4. The average Bonchev–Trinajstić information content (AvgIpc) is 3.12. The lowest BCUT2D eigenvalue weighted by atomic mass is 9.96. The van der Waals surface area contributed by atoms with Crippen molar-refractivity contribution in [2.24, 2.45) is 5.90 Å². The number of carbonyl (C=O) groups is 1. The Labute approximate surface area is 181 Å². The number of anilines is 1. The van der Waals surface area contributed by atoms with Gasteiger partial charge >= 0.3 is 0 Å². The maximum atomic E-state index is 11.3. The highest BCUT2D eigenvalue weighted by Gasteiger charge is 2.53. The molecule has 1 aliphatic rings. The second kappa shape index (κ2) is 17.1. The van der Waals surface area contributed by atoms with E-state index in [2.05, 4.69) is 15.9 Å². The standard InChI is InChI=1S/C13H16N4O6.H3NO.3H3N.4H2O/c1-13(21)9(20)7(4-19)23-12(13)17-2-6(3-18)8-10(16-22)14-5-15-11(8)17;1-2;;;;;;;/h2-3,5,7,9,12,19-22H,4H2,1H3,(H,14,15,16);2H,1H2;3*1H3;4*1H2/t7?,9?,12?,13-;;;;;;;;/m1......../s1. The molecule has 1 saturated heterocycles. The average molecular weight is 480 g/mol. The van der Waals surface area contributed by atoms with Crippen LogP contribution in [-0.2, 0) is 4.74 Å². The molecule has 32 heavy (non-hydrogen) atoms. The molecule has 4 atom stereocenters. The number of aliphatic hydroxyl groups is 3. The zero-order chi connectivity index (χ0) is 18.8. The summed E-state index contributed by atoms with van der Waals surface area (Å²) in [5.41, 5.74) is 0.540. The van der Waals surface area contributed by atoms with E-state index in [-0.39, 0.29) is 62.8 Å². The number of nitrogens with one attached hydrogen (secondary N) is 1. The van der Waals surface area contributed by atoms with Crippen LogP contribution in [0.15, 0.2) is 12.5 Å². The molecule has 194 valence electrons. The van der Waals surface area contributed by atoms with Crippen molar-refractivity contribution in [2.75, 3.05) is 12.1 Å². The third-order valence-electron chi connectivity index (χ3n) is 4.06. The van der Waals surface area contributed by atoms with E-state index in [0.717, 1.165) is 6.33 Å². The molecular formula is C13H36N8O11. The Morgan fingerprint density at radius 1 is 1.22 bits per heavy atom. The summed E-state index contributed by atoms with van der Waals surface area (Å²) in [4.78, 5) is 19.2. The Morgan fingerprint density at radius 2 is 1.75 bits per heavy atom. The minimum atomic E-state index is -1.72. The number of nitrogens with two attached hydrogens (primary N) is 1. The summed E-state index contributed by atoms with van der Waals surface area (Å²) in [6, 6.07) is 0. The number of aldehydes is 1. The van der Waals surface area contributed by atoms with Crippen molar-refractivity contribution >= 4 is 23.1 Å². The number of ether oxygens (including phenoxy) is 1. The van der Waals surface area contributed by atoms with Gasteiger partial charge in [0.15, 0.2) is 18.3 Å². The van der Waals surface area contributed by atoms with E-state index in [1.54, 1.807) is 0 Å². The first-order chi connectivity index (χ1) is 12.0. The van der Waals surface area contributed by atoms with Gasteiger partial charge in [0.25, 0.3) is 0 Å². The van der Waals surface area contributed by atoms with Crippen molar-refractivity contribution in [2.45, 2.75) is 31.0 Å².